The topological polar surface area (TPSA) is 147 Å². The van der Waals surface area contributed by atoms with Crippen LogP contribution in [0.25, 0.3) is 16.7 Å². The highest BCUT2D eigenvalue weighted by Gasteiger charge is 2.28. The Morgan fingerprint density at radius 2 is 1.74 bits per heavy atom. The summed E-state index contributed by atoms with van der Waals surface area (Å²) in [5.41, 5.74) is 0.867. The Labute approximate surface area is 234 Å². The summed E-state index contributed by atoms with van der Waals surface area (Å²) in [6.07, 6.45) is 2.48. The number of anilines is 2. The normalized spacial score (nSPS) is 11.4. The van der Waals surface area contributed by atoms with Gasteiger partial charge in [0.15, 0.2) is 5.82 Å². The van der Waals surface area contributed by atoms with E-state index < -0.39 is 22.5 Å². The molecule has 0 unspecified atom stereocenters. The fraction of sp³-hybridized carbons (Fsp3) is 0.200. The number of nitrogens with one attached hydrogen (secondary N) is 2. The summed E-state index contributed by atoms with van der Waals surface area (Å²) >= 11 is 12.0. The van der Waals surface area contributed by atoms with Gasteiger partial charge in [-0.3, -0.25) is 18.5 Å². The molecule has 204 valence electrons. The van der Waals surface area contributed by atoms with Crippen molar-refractivity contribution in [2.24, 2.45) is 0 Å². The Morgan fingerprint density at radius 3 is 2.38 bits per heavy atom. The molecule has 2 aromatic carbocycles. The second-order valence-electron chi connectivity index (χ2n) is 8.48. The number of hydrogen-bond acceptors (Lipinski definition) is 7. The van der Waals surface area contributed by atoms with Crippen molar-refractivity contribution >= 4 is 67.5 Å². The number of carbonyl (C=O) groups excluding carboxylic acids is 1. The highest BCUT2D eigenvalue weighted by atomic mass is 35.5. The van der Waals surface area contributed by atoms with Gasteiger partial charge in [-0.05, 0) is 61.0 Å². The van der Waals surface area contributed by atoms with Gasteiger partial charge in [0.1, 0.15) is 12.4 Å². The lowest BCUT2D eigenvalue weighted by atomic mass is 10.2. The van der Waals surface area contributed by atoms with Gasteiger partial charge in [-0.25, -0.2) is 8.42 Å². The maximum Gasteiger partial charge on any atom is 0.324 e. The third kappa shape index (κ3) is 6.77. The van der Waals surface area contributed by atoms with E-state index in [9.17, 15) is 23.1 Å². The molecule has 14 heteroatoms. The summed E-state index contributed by atoms with van der Waals surface area (Å²) in [6.45, 7) is 1.84. The van der Waals surface area contributed by atoms with Crippen LogP contribution in [0.3, 0.4) is 0 Å². The molecule has 0 saturated heterocycles. The average Bonchev–Trinajstić information content (AvgIpc) is 3.30. The third-order valence-corrected chi connectivity index (χ3v) is 7.78. The molecule has 0 spiro atoms. The van der Waals surface area contributed by atoms with Gasteiger partial charge in [0, 0.05) is 41.6 Å². The summed E-state index contributed by atoms with van der Waals surface area (Å²) in [5, 5.41) is 24.6. The molecule has 0 saturated carbocycles. The summed E-state index contributed by atoms with van der Waals surface area (Å²) in [4.78, 5) is 22.3. The number of nitrogens with zero attached hydrogens (tertiary/aromatic N) is 4. The van der Waals surface area contributed by atoms with Gasteiger partial charge in [0.25, 0.3) is 10.0 Å². The molecule has 0 fully saturated rings. The van der Waals surface area contributed by atoms with Crippen molar-refractivity contribution in [1.29, 1.82) is 0 Å². The smallest absolute Gasteiger partial charge is 0.324 e. The van der Waals surface area contributed by atoms with Gasteiger partial charge in [-0.15, -0.1) is 10.2 Å². The van der Waals surface area contributed by atoms with Crippen LogP contribution in [0, 0.1) is 0 Å². The largest absolute Gasteiger partial charge is 0.480 e. The monoisotopic (exact) mass is 590 g/mol. The number of halogens is 2. The molecule has 0 aliphatic heterocycles. The zero-order chi connectivity index (χ0) is 28.2. The summed E-state index contributed by atoms with van der Waals surface area (Å²) in [5.74, 6) is -0.294. The number of amides is 1. The minimum Gasteiger partial charge on any atom is -0.480 e. The molecule has 2 aromatic heterocycles. The molecule has 0 atom stereocenters. The van der Waals surface area contributed by atoms with Gasteiger partial charge < -0.3 is 15.7 Å². The van der Waals surface area contributed by atoms with Crippen LogP contribution >= 0.6 is 23.2 Å². The molecular weight excluding hydrogens is 567 g/mol. The van der Waals surface area contributed by atoms with Crippen LogP contribution in [-0.2, 0) is 19.6 Å². The number of carboxylic acid groups (broad SMARTS) is 1. The van der Waals surface area contributed by atoms with E-state index in [1.54, 1.807) is 41.1 Å². The first kappa shape index (κ1) is 28.1. The van der Waals surface area contributed by atoms with E-state index in [1.807, 2.05) is 0 Å². The van der Waals surface area contributed by atoms with Crippen LogP contribution in [0.5, 0.6) is 0 Å². The third-order valence-electron chi connectivity index (χ3n) is 5.60. The number of carboxylic acids is 1. The van der Waals surface area contributed by atoms with E-state index in [-0.39, 0.29) is 26.5 Å². The van der Waals surface area contributed by atoms with Crippen LogP contribution < -0.4 is 14.9 Å². The van der Waals surface area contributed by atoms with Crippen LogP contribution in [0.1, 0.15) is 13.3 Å². The number of sulfonamides is 1. The van der Waals surface area contributed by atoms with E-state index in [2.05, 4.69) is 20.8 Å². The Kier molecular flexibility index (Phi) is 8.58. The molecule has 3 N–H and O–H groups in total. The second kappa shape index (κ2) is 11.9. The number of hydrogen-bond donors (Lipinski definition) is 3. The molecule has 0 aliphatic rings. The van der Waals surface area contributed by atoms with Crippen molar-refractivity contribution in [1.82, 2.24) is 20.1 Å². The molecule has 4 aromatic rings. The van der Waals surface area contributed by atoms with Crippen LogP contribution in [0.2, 0.25) is 10.0 Å². The second-order valence-corrected chi connectivity index (χ2v) is 11.2. The lowest BCUT2D eigenvalue weighted by Crippen LogP contribution is -2.35. The first-order chi connectivity index (χ1) is 18.5. The zero-order valence-electron chi connectivity index (χ0n) is 20.6. The molecule has 0 aliphatic carbocycles. The summed E-state index contributed by atoms with van der Waals surface area (Å²) < 4.78 is 29.4. The summed E-state index contributed by atoms with van der Waals surface area (Å²) in [7, 11) is -4.30. The first-order valence-corrected chi connectivity index (χ1v) is 13.9. The lowest BCUT2D eigenvalue weighted by molar-refractivity contribution is -0.135. The van der Waals surface area contributed by atoms with Crippen molar-refractivity contribution in [3.63, 3.8) is 0 Å². The number of aromatic nitrogens is 3. The summed E-state index contributed by atoms with van der Waals surface area (Å²) in [6, 6.07) is 13.9. The van der Waals surface area contributed by atoms with Gasteiger partial charge in [0.2, 0.25) is 5.91 Å². The van der Waals surface area contributed by atoms with Crippen molar-refractivity contribution in [3.8, 4) is 5.82 Å². The molecular formula is C25H24Cl2N6O5S. The first-order valence-electron chi connectivity index (χ1n) is 11.7. The number of rotatable bonds is 11. The van der Waals surface area contributed by atoms with E-state index in [4.69, 9.17) is 23.2 Å². The Hall–Kier alpha value is -3.87. The van der Waals surface area contributed by atoms with E-state index in [0.717, 1.165) is 10.7 Å². The van der Waals surface area contributed by atoms with Gasteiger partial charge in [-0.2, -0.15) is 0 Å². The molecule has 39 heavy (non-hydrogen) atoms. The predicted octanol–water partition coefficient (Wildman–Crippen LogP) is 3.95. The van der Waals surface area contributed by atoms with Crippen LogP contribution in [-0.4, -0.2) is 59.8 Å². The SMILES string of the molecule is CC(=O)NCCCNc1ccc(-n2ccc3cc(N(CC(=O)O)S(=O)(=O)c4cc(Cl)cc(Cl)c4)ccc32)nn1. The Morgan fingerprint density at radius 1 is 1.00 bits per heavy atom. The van der Waals surface area contributed by atoms with Gasteiger partial charge in [-0.1, -0.05) is 23.2 Å². The van der Waals surface area contributed by atoms with E-state index >= 15 is 0 Å². The maximum atomic E-state index is 13.4. The van der Waals surface area contributed by atoms with Crippen LogP contribution in [0.4, 0.5) is 11.5 Å². The molecule has 0 radical (unpaired) electrons. The lowest BCUT2D eigenvalue weighted by Gasteiger charge is -2.23. The minimum atomic E-state index is -4.30. The number of fused-ring (bicyclic) bond motifs is 1. The van der Waals surface area contributed by atoms with Crippen molar-refractivity contribution < 1.29 is 23.1 Å². The fourth-order valence-corrected chi connectivity index (χ4v) is 5.98. The number of aliphatic carboxylic acids is 1. The quantitative estimate of drug-likeness (QED) is 0.222. The van der Waals surface area contributed by atoms with E-state index in [1.165, 1.54) is 31.2 Å². The van der Waals surface area contributed by atoms with E-state index in [0.29, 0.717) is 35.6 Å². The fourth-order valence-electron chi connectivity index (χ4n) is 3.84. The molecule has 11 nitrogen and oxygen atoms in total. The van der Waals surface area contributed by atoms with Crippen molar-refractivity contribution in [3.05, 3.63) is 70.8 Å². The van der Waals surface area contributed by atoms with Crippen molar-refractivity contribution in [2.75, 3.05) is 29.3 Å². The van der Waals surface area contributed by atoms with Crippen molar-refractivity contribution in [2.45, 2.75) is 18.2 Å². The number of benzene rings is 2. The molecule has 1 amide bonds. The Balaban J connectivity index is 1.58. The molecule has 0 bridgehead atoms. The minimum absolute atomic E-state index is 0.0764. The van der Waals surface area contributed by atoms with Crippen LogP contribution in [0.15, 0.2) is 65.7 Å². The highest BCUT2D eigenvalue weighted by Crippen LogP contribution is 2.31. The number of carbonyl (C=O) groups is 2. The highest BCUT2D eigenvalue weighted by molar-refractivity contribution is 7.92. The predicted molar refractivity (Wildman–Crippen MR) is 149 cm³/mol. The molecule has 2 heterocycles. The maximum absolute atomic E-state index is 13.4. The average molecular weight is 591 g/mol. The Bertz CT molecular complexity index is 1610. The molecule has 4 rings (SSSR count). The zero-order valence-corrected chi connectivity index (χ0v) is 23.0. The van der Waals surface area contributed by atoms with Gasteiger partial charge >= 0.3 is 5.97 Å². The van der Waals surface area contributed by atoms with Gasteiger partial charge in [0.05, 0.1) is 16.1 Å². The standard InChI is InChI=1S/C25H24Cl2N6O5S/c1-16(34)28-8-2-9-29-23-5-6-24(31-30-23)32-10-7-17-11-20(3-4-22(17)32)33(15-25(35)36)39(37,38)21-13-18(26)12-19(27)14-21/h3-7,10-14H,2,8-9,15H2,1H3,(H,28,34)(H,29,30)(H,35,36).